The van der Waals surface area contributed by atoms with Crippen molar-refractivity contribution in [2.24, 2.45) is 4.40 Å². The van der Waals surface area contributed by atoms with Gasteiger partial charge in [-0.3, -0.25) is 0 Å². The van der Waals surface area contributed by atoms with E-state index in [-0.39, 0.29) is 0 Å². The van der Waals surface area contributed by atoms with Gasteiger partial charge in [-0.05, 0) is 13.8 Å². The van der Waals surface area contributed by atoms with Crippen molar-refractivity contribution in [3.63, 3.8) is 0 Å². The molecule has 0 fully saturated rings. The van der Waals surface area contributed by atoms with E-state index in [1.165, 1.54) is 17.8 Å². The third kappa shape index (κ3) is 0.951. The summed E-state index contributed by atoms with van der Waals surface area (Å²) in [4.78, 5) is 0. The summed E-state index contributed by atoms with van der Waals surface area (Å²) >= 11 is 1.43. The van der Waals surface area contributed by atoms with Gasteiger partial charge in [0.25, 0.3) is 0 Å². The zero-order chi connectivity index (χ0) is 5.28. The summed E-state index contributed by atoms with van der Waals surface area (Å²) in [6.45, 7) is 4.12. The molecule has 1 N–H and O–H groups in total. The SMILES string of the molecule is CC1=NSNC1C. The van der Waals surface area contributed by atoms with Crippen LogP contribution in [0.1, 0.15) is 13.8 Å². The quantitative estimate of drug-likeness (QED) is 0.477. The van der Waals surface area contributed by atoms with Crippen molar-refractivity contribution in [3.8, 4) is 0 Å². The average molecular weight is 116 g/mol. The van der Waals surface area contributed by atoms with Crippen LogP contribution in [0.25, 0.3) is 0 Å². The van der Waals surface area contributed by atoms with Crippen LogP contribution in [0, 0.1) is 0 Å². The minimum Gasteiger partial charge on any atom is -0.236 e. The Balaban J connectivity index is 2.54. The Morgan fingerprint density at radius 1 is 1.86 bits per heavy atom. The van der Waals surface area contributed by atoms with Gasteiger partial charge in [0.2, 0.25) is 0 Å². The van der Waals surface area contributed by atoms with Crippen molar-refractivity contribution in [2.45, 2.75) is 19.9 Å². The normalized spacial score (nSPS) is 30.6. The second-order valence-corrected chi connectivity index (χ2v) is 2.26. The Morgan fingerprint density at radius 3 is 2.71 bits per heavy atom. The molecule has 0 spiro atoms. The van der Waals surface area contributed by atoms with E-state index in [2.05, 4.69) is 16.0 Å². The molecule has 0 saturated heterocycles. The molecule has 3 heteroatoms. The maximum atomic E-state index is 4.04. The number of nitrogens with zero attached hydrogens (tertiary/aromatic N) is 1. The van der Waals surface area contributed by atoms with Crippen LogP contribution in [0.15, 0.2) is 4.40 Å². The molecule has 1 atom stereocenters. The Morgan fingerprint density at radius 2 is 2.57 bits per heavy atom. The fourth-order valence-corrected chi connectivity index (χ4v) is 1.03. The highest BCUT2D eigenvalue weighted by atomic mass is 32.2. The Kier molecular flexibility index (Phi) is 1.35. The number of nitrogens with one attached hydrogen (secondary N) is 1. The predicted octanol–water partition coefficient (Wildman–Crippen LogP) is 1.00. The molecule has 0 saturated carbocycles. The number of rotatable bonds is 0. The van der Waals surface area contributed by atoms with Gasteiger partial charge in [-0.15, -0.1) is 0 Å². The van der Waals surface area contributed by atoms with Crippen molar-refractivity contribution < 1.29 is 0 Å². The van der Waals surface area contributed by atoms with Gasteiger partial charge in [-0.2, -0.15) is 0 Å². The lowest BCUT2D eigenvalue weighted by Gasteiger charge is -1.96. The van der Waals surface area contributed by atoms with Gasteiger partial charge in [-0.1, -0.05) is 0 Å². The van der Waals surface area contributed by atoms with Crippen molar-refractivity contribution in [3.05, 3.63) is 0 Å². The topological polar surface area (TPSA) is 24.4 Å². The maximum Gasteiger partial charge on any atom is 0.0592 e. The first-order chi connectivity index (χ1) is 3.30. The first-order valence-corrected chi connectivity index (χ1v) is 3.04. The van der Waals surface area contributed by atoms with E-state index in [4.69, 9.17) is 0 Å². The molecule has 1 rings (SSSR count). The van der Waals surface area contributed by atoms with Crippen molar-refractivity contribution in [1.29, 1.82) is 0 Å². The molecule has 0 bridgehead atoms. The zero-order valence-electron chi connectivity index (χ0n) is 4.43. The molecule has 1 aliphatic rings. The number of hydrogen-bond donors (Lipinski definition) is 1. The maximum absolute atomic E-state index is 4.04. The standard InChI is InChI=1S/C4H8N2S/c1-3-4(2)6-7-5-3/h3,5H,1-2H3. The largest absolute Gasteiger partial charge is 0.236 e. The molecule has 0 radical (unpaired) electrons. The zero-order valence-corrected chi connectivity index (χ0v) is 5.25. The second kappa shape index (κ2) is 1.84. The summed E-state index contributed by atoms with van der Waals surface area (Å²) in [5.74, 6) is 0. The highest BCUT2D eigenvalue weighted by molar-refractivity contribution is 7.96. The Hall–Kier alpha value is -0.0200. The van der Waals surface area contributed by atoms with Gasteiger partial charge in [0.1, 0.15) is 0 Å². The molecule has 1 aliphatic heterocycles. The van der Waals surface area contributed by atoms with Crippen LogP contribution in [0.2, 0.25) is 0 Å². The molecule has 0 aromatic carbocycles. The molecule has 0 amide bonds. The third-order valence-electron chi connectivity index (χ3n) is 1.05. The minimum atomic E-state index is 0.477. The molecule has 2 nitrogen and oxygen atoms in total. The lowest BCUT2D eigenvalue weighted by atomic mass is 10.2. The molecular formula is C4H8N2S. The highest BCUT2D eigenvalue weighted by Gasteiger charge is 2.09. The van der Waals surface area contributed by atoms with Crippen LogP contribution in [0.4, 0.5) is 0 Å². The Labute approximate surface area is 47.7 Å². The van der Waals surface area contributed by atoms with Crippen LogP contribution in [0.3, 0.4) is 0 Å². The van der Waals surface area contributed by atoms with E-state index in [1.54, 1.807) is 0 Å². The molecule has 0 aromatic rings. The van der Waals surface area contributed by atoms with Crippen LogP contribution in [0.5, 0.6) is 0 Å². The van der Waals surface area contributed by atoms with Gasteiger partial charge in [0.15, 0.2) is 0 Å². The van der Waals surface area contributed by atoms with Crippen molar-refractivity contribution in [1.82, 2.24) is 4.72 Å². The fraction of sp³-hybridized carbons (Fsp3) is 0.750. The fourth-order valence-electron chi connectivity index (χ4n) is 0.342. The van der Waals surface area contributed by atoms with Gasteiger partial charge in [0.05, 0.1) is 18.2 Å². The summed E-state index contributed by atoms with van der Waals surface area (Å²) in [7, 11) is 0. The monoisotopic (exact) mass is 116 g/mol. The summed E-state index contributed by atoms with van der Waals surface area (Å²) in [6, 6.07) is 0.477. The summed E-state index contributed by atoms with van der Waals surface area (Å²) < 4.78 is 7.12. The minimum absolute atomic E-state index is 0.477. The number of hydrogen-bond acceptors (Lipinski definition) is 3. The molecule has 0 aliphatic carbocycles. The average Bonchev–Trinajstić information content (AvgIpc) is 1.91. The molecular weight excluding hydrogens is 108 g/mol. The van der Waals surface area contributed by atoms with E-state index in [9.17, 15) is 0 Å². The van der Waals surface area contributed by atoms with E-state index < -0.39 is 0 Å². The van der Waals surface area contributed by atoms with Crippen LogP contribution in [-0.2, 0) is 0 Å². The molecule has 7 heavy (non-hydrogen) atoms. The van der Waals surface area contributed by atoms with Gasteiger partial charge in [-0.25, -0.2) is 9.12 Å². The summed E-state index contributed by atoms with van der Waals surface area (Å²) in [6.07, 6.45) is 0. The first kappa shape index (κ1) is 5.12. The molecule has 1 heterocycles. The molecule has 1 unspecified atom stereocenters. The highest BCUT2D eigenvalue weighted by Crippen LogP contribution is 2.08. The van der Waals surface area contributed by atoms with Crippen LogP contribution in [-0.4, -0.2) is 11.8 Å². The third-order valence-corrected chi connectivity index (χ3v) is 1.88. The lowest BCUT2D eigenvalue weighted by molar-refractivity contribution is 0.912. The van der Waals surface area contributed by atoms with E-state index in [0.717, 1.165) is 0 Å². The van der Waals surface area contributed by atoms with E-state index >= 15 is 0 Å². The van der Waals surface area contributed by atoms with Gasteiger partial charge in [0, 0.05) is 5.71 Å². The van der Waals surface area contributed by atoms with Crippen LogP contribution >= 0.6 is 12.1 Å². The second-order valence-electron chi connectivity index (χ2n) is 1.66. The molecule has 40 valence electrons. The Bertz CT molecular complexity index is 99.9. The first-order valence-electron chi connectivity index (χ1n) is 2.27. The van der Waals surface area contributed by atoms with Crippen molar-refractivity contribution in [2.75, 3.05) is 0 Å². The summed E-state index contributed by atoms with van der Waals surface area (Å²) in [5, 5.41) is 0. The van der Waals surface area contributed by atoms with E-state index in [0.29, 0.717) is 6.04 Å². The lowest BCUT2D eigenvalue weighted by Crippen LogP contribution is -2.20. The van der Waals surface area contributed by atoms with Gasteiger partial charge >= 0.3 is 0 Å². The van der Waals surface area contributed by atoms with E-state index in [1.807, 2.05) is 6.92 Å². The molecule has 0 aromatic heterocycles. The predicted molar refractivity (Wildman–Crippen MR) is 33.3 cm³/mol. The van der Waals surface area contributed by atoms with Gasteiger partial charge < -0.3 is 0 Å². The summed E-state index contributed by atoms with van der Waals surface area (Å²) in [5.41, 5.74) is 1.19. The van der Waals surface area contributed by atoms with Crippen molar-refractivity contribution >= 4 is 17.8 Å². The smallest absolute Gasteiger partial charge is 0.0592 e. The van der Waals surface area contributed by atoms with Crippen LogP contribution < -0.4 is 4.72 Å².